The van der Waals surface area contributed by atoms with E-state index in [0.29, 0.717) is 19.5 Å². The van der Waals surface area contributed by atoms with E-state index in [2.05, 4.69) is 5.32 Å². The van der Waals surface area contributed by atoms with E-state index in [4.69, 9.17) is 14.6 Å². The summed E-state index contributed by atoms with van der Waals surface area (Å²) < 4.78 is 31.9. The summed E-state index contributed by atoms with van der Waals surface area (Å²) >= 11 is 0. The molecule has 1 aromatic rings. The summed E-state index contributed by atoms with van der Waals surface area (Å²) in [6.45, 7) is 1.14. The number of methoxy groups -OCH3 is 2. The predicted octanol–water partition coefficient (Wildman–Crippen LogP) is 0.472. The van der Waals surface area contributed by atoms with Crippen molar-refractivity contribution in [1.29, 1.82) is 0 Å². The maximum absolute atomic E-state index is 10.8. The summed E-state index contributed by atoms with van der Waals surface area (Å²) in [4.78, 5) is 0. The molecule has 0 heterocycles. The molecule has 0 aliphatic carbocycles. The molecule has 0 bridgehead atoms. The Hall–Kier alpha value is -1.31. The van der Waals surface area contributed by atoms with Gasteiger partial charge in [0.25, 0.3) is 0 Å². The molecule has 0 spiro atoms. The first kappa shape index (κ1) is 15.7. The van der Waals surface area contributed by atoms with Crippen molar-refractivity contribution in [1.82, 2.24) is 5.32 Å². The minimum absolute atomic E-state index is 0.0186. The number of hydrogen-bond acceptors (Lipinski definition) is 5. The van der Waals surface area contributed by atoms with Gasteiger partial charge in [0.1, 0.15) is 11.5 Å². The zero-order chi connectivity index (χ0) is 14.3. The summed E-state index contributed by atoms with van der Waals surface area (Å²) in [6, 6.07) is 5.54. The maximum Gasteiger partial charge on any atom is 0.209 e. The number of ether oxygens (including phenoxy) is 2. The van der Waals surface area contributed by atoms with Gasteiger partial charge in [-0.15, -0.1) is 0 Å². The van der Waals surface area contributed by atoms with Crippen LogP contribution in [0.5, 0.6) is 11.5 Å². The second-order valence-corrected chi connectivity index (χ2v) is 5.81. The molecule has 0 atom stereocenters. The van der Waals surface area contributed by atoms with Crippen LogP contribution < -0.4 is 19.9 Å². The summed E-state index contributed by atoms with van der Waals surface area (Å²) in [5, 5.41) is 8.06. The lowest BCUT2D eigenvalue weighted by molar-refractivity contribution is 0.397. The van der Waals surface area contributed by atoms with Gasteiger partial charge in [0, 0.05) is 12.1 Å². The quantitative estimate of drug-likeness (QED) is 0.679. The van der Waals surface area contributed by atoms with Gasteiger partial charge in [-0.25, -0.2) is 13.6 Å². The van der Waals surface area contributed by atoms with Crippen molar-refractivity contribution in [3.8, 4) is 11.5 Å². The van der Waals surface area contributed by atoms with E-state index in [9.17, 15) is 8.42 Å². The third-order valence-corrected chi connectivity index (χ3v) is 3.44. The number of hydrogen-bond donors (Lipinski definition) is 2. The van der Waals surface area contributed by atoms with Crippen LogP contribution in [0, 0.1) is 0 Å². The maximum atomic E-state index is 10.8. The van der Waals surface area contributed by atoms with Crippen molar-refractivity contribution in [2.45, 2.75) is 13.0 Å². The van der Waals surface area contributed by atoms with Gasteiger partial charge in [-0.3, -0.25) is 0 Å². The summed E-state index contributed by atoms with van der Waals surface area (Å²) in [5.41, 5.74) is 0.956. The molecular formula is C12H20N2O4S. The average molecular weight is 288 g/mol. The van der Waals surface area contributed by atoms with Crippen LogP contribution in [0.15, 0.2) is 18.2 Å². The Balaban J connectivity index is 2.48. The van der Waals surface area contributed by atoms with Gasteiger partial charge < -0.3 is 14.8 Å². The van der Waals surface area contributed by atoms with E-state index in [0.717, 1.165) is 17.1 Å². The monoisotopic (exact) mass is 288 g/mol. The second-order valence-electron chi connectivity index (χ2n) is 4.08. The highest BCUT2D eigenvalue weighted by molar-refractivity contribution is 7.89. The molecule has 108 valence electrons. The Bertz CT molecular complexity index is 502. The number of nitrogens with one attached hydrogen (secondary N) is 1. The topological polar surface area (TPSA) is 90.7 Å². The molecule has 3 N–H and O–H groups in total. The minimum Gasteiger partial charge on any atom is -0.497 e. The van der Waals surface area contributed by atoms with Crippen molar-refractivity contribution in [3.63, 3.8) is 0 Å². The molecule has 19 heavy (non-hydrogen) atoms. The number of primary sulfonamides is 1. The first-order chi connectivity index (χ1) is 8.96. The molecule has 1 rings (SSSR count). The van der Waals surface area contributed by atoms with E-state index in [1.54, 1.807) is 14.2 Å². The molecule has 0 fully saturated rings. The lowest BCUT2D eigenvalue weighted by Crippen LogP contribution is -2.22. The molecule has 0 radical (unpaired) electrons. The van der Waals surface area contributed by atoms with Crippen molar-refractivity contribution in [3.05, 3.63) is 23.8 Å². The Kier molecular flexibility index (Phi) is 6.07. The molecule has 1 aromatic carbocycles. The Morgan fingerprint density at radius 2 is 2.00 bits per heavy atom. The van der Waals surface area contributed by atoms with Crippen molar-refractivity contribution >= 4 is 10.0 Å². The van der Waals surface area contributed by atoms with Gasteiger partial charge in [-0.05, 0) is 31.2 Å². The van der Waals surface area contributed by atoms with Gasteiger partial charge in [0.15, 0.2) is 0 Å². The van der Waals surface area contributed by atoms with Crippen LogP contribution in [-0.4, -0.2) is 34.9 Å². The fourth-order valence-electron chi connectivity index (χ4n) is 1.64. The average Bonchev–Trinajstić information content (AvgIpc) is 2.36. The first-order valence-corrected chi connectivity index (χ1v) is 7.60. The predicted molar refractivity (Wildman–Crippen MR) is 73.8 cm³/mol. The van der Waals surface area contributed by atoms with E-state index >= 15 is 0 Å². The van der Waals surface area contributed by atoms with Crippen LogP contribution in [0.4, 0.5) is 0 Å². The van der Waals surface area contributed by atoms with Crippen LogP contribution in [0.25, 0.3) is 0 Å². The summed E-state index contributed by atoms with van der Waals surface area (Å²) in [6.07, 6.45) is 0.477. The second kappa shape index (κ2) is 7.32. The molecule has 0 aliphatic rings. The Morgan fingerprint density at radius 3 is 2.58 bits per heavy atom. The number of benzene rings is 1. The van der Waals surface area contributed by atoms with Crippen LogP contribution in [0.3, 0.4) is 0 Å². The van der Waals surface area contributed by atoms with Crippen molar-refractivity contribution < 1.29 is 17.9 Å². The molecule has 0 saturated carbocycles. The highest BCUT2D eigenvalue weighted by Crippen LogP contribution is 2.23. The third kappa shape index (κ3) is 5.91. The molecule has 0 amide bonds. The largest absolute Gasteiger partial charge is 0.497 e. The van der Waals surface area contributed by atoms with Crippen LogP contribution in [0.1, 0.15) is 12.0 Å². The van der Waals surface area contributed by atoms with E-state index < -0.39 is 10.0 Å². The standard InChI is InChI=1S/C12H20N2O4S/c1-17-11-4-5-12(18-2)10(8-11)9-14-6-3-7-19(13,15)16/h4-5,8,14H,3,6-7,9H2,1-2H3,(H2,13,15,16). The van der Waals surface area contributed by atoms with E-state index in [1.807, 2.05) is 18.2 Å². The van der Waals surface area contributed by atoms with Gasteiger partial charge in [-0.2, -0.15) is 0 Å². The van der Waals surface area contributed by atoms with E-state index in [1.165, 1.54) is 0 Å². The van der Waals surface area contributed by atoms with Crippen molar-refractivity contribution in [2.75, 3.05) is 26.5 Å². The third-order valence-electron chi connectivity index (χ3n) is 2.59. The van der Waals surface area contributed by atoms with Gasteiger partial charge in [0.2, 0.25) is 10.0 Å². The Labute approximate surface area is 113 Å². The molecule has 6 nitrogen and oxygen atoms in total. The number of rotatable bonds is 8. The molecule has 0 saturated heterocycles. The minimum atomic E-state index is -3.38. The molecule has 7 heteroatoms. The number of sulfonamides is 1. The molecule has 0 unspecified atom stereocenters. The number of nitrogens with two attached hydrogens (primary N) is 1. The van der Waals surface area contributed by atoms with E-state index in [-0.39, 0.29) is 5.75 Å². The normalized spacial score (nSPS) is 11.3. The fourth-order valence-corrected chi connectivity index (χ4v) is 2.19. The zero-order valence-electron chi connectivity index (χ0n) is 11.2. The van der Waals surface area contributed by atoms with Crippen LogP contribution >= 0.6 is 0 Å². The lowest BCUT2D eigenvalue weighted by atomic mass is 10.2. The smallest absolute Gasteiger partial charge is 0.209 e. The summed E-state index contributed by atoms with van der Waals surface area (Å²) in [7, 11) is -0.172. The van der Waals surface area contributed by atoms with Gasteiger partial charge in [-0.1, -0.05) is 0 Å². The van der Waals surface area contributed by atoms with Gasteiger partial charge in [0.05, 0.1) is 20.0 Å². The van der Waals surface area contributed by atoms with Crippen LogP contribution in [-0.2, 0) is 16.6 Å². The zero-order valence-corrected chi connectivity index (χ0v) is 12.0. The molecule has 0 aliphatic heterocycles. The first-order valence-electron chi connectivity index (χ1n) is 5.88. The Morgan fingerprint density at radius 1 is 1.26 bits per heavy atom. The molecular weight excluding hydrogens is 268 g/mol. The highest BCUT2D eigenvalue weighted by Gasteiger charge is 2.05. The highest BCUT2D eigenvalue weighted by atomic mass is 32.2. The lowest BCUT2D eigenvalue weighted by Gasteiger charge is -2.11. The summed E-state index contributed by atoms with van der Waals surface area (Å²) in [5.74, 6) is 1.50. The molecule has 0 aromatic heterocycles. The van der Waals surface area contributed by atoms with Gasteiger partial charge >= 0.3 is 0 Å². The van der Waals surface area contributed by atoms with Crippen molar-refractivity contribution in [2.24, 2.45) is 5.14 Å². The SMILES string of the molecule is COc1ccc(OC)c(CNCCCS(N)(=O)=O)c1. The fraction of sp³-hybridized carbons (Fsp3) is 0.500. The van der Waals surface area contributed by atoms with Crippen LogP contribution in [0.2, 0.25) is 0 Å².